The summed E-state index contributed by atoms with van der Waals surface area (Å²) in [7, 11) is 0. The molecular weight excluding hydrogens is 290 g/mol. The Hall–Kier alpha value is -3.57. The van der Waals surface area contributed by atoms with Crippen LogP contribution in [0.1, 0.15) is 5.56 Å². The van der Waals surface area contributed by atoms with Crippen molar-refractivity contribution in [3.63, 3.8) is 0 Å². The van der Waals surface area contributed by atoms with E-state index in [4.69, 9.17) is 14.4 Å². The Morgan fingerprint density at radius 1 is 1.09 bits per heavy atom. The monoisotopic (exact) mass is 301 g/mol. The van der Waals surface area contributed by atoms with E-state index in [1.807, 2.05) is 36.4 Å². The molecule has 0 radical (unpaired) electrons. The molecule has 0 fully saturated rings. The van der Waals surface area contributed by atoms with Crippen LogP contribution in [-0.2, 0) is 0 Å². The van der Waals surface area contributed by atoms with Gasteiger partial charge in [0.25, 0.3) is 0 Å². The summed E-state index contributed by atoms with van der Waals surface area (Å²) in [6.45, 7) is -0.183. The van der Waals surface area contributed by atoms with Crippen molar-refractivity contribution >= 4 is 0 Å². The van der Waals surface area contributed by atoms with Crippen molar-refractivity contribution in [1.29, 1.82) is 10.5 Å². The number of rotatable bonds is 4. The van der Waals surface area contributed by atoms with E-state index in [1.54, 1.807) is 18.2 Å². The standard InChI is InChI=1S/C18H11N3O2/c19-8-10-23-18-15(12-20)14(17-7-4-9-22-17)11-16(21-18)13-5-2-1-3-6-13/h1-7,9,11H,10H2. The van der Waals surface area contributed by atoms with Gasteiger partial charge in [-0.15, -0.1) is 0 Å². The number of furan rings is 1. The van der Waals surface area contributed by atoms with Crippen molar-refractivity contribution in [3.05, 3.63) is 60.4 Å². The van der Waals surface area contributed by atoms with Gasteiger partial charge in [-0.3, -0.25) is 0 Å². The first-order chi connectivity index (χ1) is 11.3. The molecule has 3 aromatic rings. The van der Waals surface area contributed by atoms with Crippen molar-refractivity contribution < 1.29 is 9.15 Å². The third kappa shape index (κ3) is 2.90. The average molecular weight is 301 g/mol. The largest absolute Gasteiger partial charge is 0.464 e. The molecule has 1 aromatic carbocycles. The van der Waals surface area contributed by atoms with E-state index < -0.39 is 0 Å². The summed E-state index contributed by atoms with van der Waals surface area (Å²) in [5.41, 5.74) is 2.35. The highest BCUT2D eigenvalue weighted by Gasteiger charge is 2.18. The fraction of sp³-hybridized carbons (Fsp3) is 0.0556. The lowest BCUT2D eigenvalue weighted by Crippen LogP contribution is -2.01. The van der Waals surface area contributed by atoms with Gasteiger partial charge in [-0.25, -0.2) is 4.98 Å². The van der Waals surface area contributed by atoms with Crippen LogP contribution >= 0.6 is 0 Å². The van der Waals surface area contributed by atoms with Crippen molar-refractivity contribution in [2.45, 2.75) is 0 Å². The van der Waals surface area contributed by atoms with Gasteiger partial charge in [0.05, 0.1) is 12.0 Å². The van der Waals surface area contributed by atoms with E-state index >= 15 is 0 Å². The highest BCUT2D eigenvalue weighted by Crippen LogP contribution is 2.33. The van der Waals surface area contributed by atoms with Crippen LogP contribution in [0.2, 0.25) is 0 Å². The van der Waals surface area contributed by atoms with E-state index in [2.05, 4.69) is 11.1 Å². The molecule has 0 saturated heterocycles. The molecule has 110 valence electrons. The fourth-order valence-corrected chi connectivity index (χ4v) is 2.22. The normalized spacial score (nSPS) is 9.83. The minimum absolute atomic E-state index is 0.127. The number of hydrogen-bond acceptors (Lipinski definition) is 5. The molecule has 0 aliphatic carbocycles. The van der Waals surface area contributed by atoms with Gasteiger partial charge in [0.2, 0.25) is 5.88 Å². The summed E-state index contributed by atoms with van der Waals surface area (Å²) < 4.78 is 10.8. The van der Waals surface area contributed by atoms with Crippen molar-refractivity contribution in [3.8, 4) is 40.6 Å². The topological polar surface area (TPSA) is 82.8 Å². The summed E-state index contributed by atoms with van der Waals surface area (Å²) in [6, 6.07) is 18.8. The fourth-order valence-electron chi connectivity index (χ4n) is 2.22. The molecule has 0 bridgehead atoms. The minimum Gasteiger partial charge on any atom is -0.464 e. The lowest BCUT2D eigenvalue weighted by atomic mass is 10.0. The van der Waals surface area contributed by atoms with Crippen LogP contribution in [0.4, 0.5) is 0 Å². The number of benzene rings is 1. The van der Waals surface area contributed by atoms with E-state index in [9.17, 15) is 5.26 Å². The van der Waals surface area contributed by atoms with E-state index in [0.29, 0.717) is 17.0 Å². The first kappa shape index (κ1) is 14.4. The second kappa shape index (κ2) is 6.46. The van der Waals surface area contributed by atoms with E-state index in [0.717, 1.165) is 5.56 Å². The Morgan fingerprint density at radius 3 is 2.57 bits per heavy atom. The highest BCUT2D eigenvalue weighted by atomic mass is 16.5. The predicted octanol–water partition coefficient (Wildman–Crippen LogP) is 3.78. The molecule has 0 aliphatic heterocycles. The molecule has 0 saturated carbocycles. The molecule has 0 spiro atoms. The van der Waals surface area contributed by atoms with Crippen LogP contribution in [-0.4, -0.2) is 11.6 Å². The number of pyridine rings is 1. The first-order valence-electron chi connectivity index (χ1n) is 6.87. The molecule has 0 N–H and O–H groups in total. The van der Waals surface area contributed by atoms with E-state index in [-0.39, 0.29) is 18.1 Å². The van der Waals surface area contributed by atoms with E-state index in [1.165, 1.54) is 6.26 Å². The highest BCUT2D eigenvalue weighted by molar-refractivity contribution is 5.75. The molecule has 23 heavy (non-hydrogen) atoms. The molecule has 0 atom stereocenters. The Bertz CT molecular complexity index is 889. The lowest BCUT2D eigenvalue weighted by molar-refractivity contribution is 0.353. The zero-order valence-electron chi connectivity index (χ0n) is 12.1. The molecule has 3 rings (SSSR count). The molecule has 0 amide bonds. The maximum absolute atomic E-state index is 9.46. The summed E-state index contributed by atoms with van der Waals surface area (Å²) in [5, 5.41) is 18.2. The SMILES string of the molecule is N#CCOc1nc(-c2ccccc2)cc(-c2ccco2)c1C#N. The van der Waals surface area contributed by atoms with Gasteiger partial charge in [-0.1, -0.05) is 30.3 Å². The molecular formula is C18H11N3O2. The molecule has 2 aromatic heterocycles. The number of ether oxygens (including phenoxy) is 1. The Morgan fingerprint density at radius 2 is 1.91 bits per heavy atom. The number of nitrogens with zero attached hydrogens (tertiary/aromatic N) is 3. The zero-order chi connectivity index (χ0) is 16.1. The Balaban J connectivity index is 2.21. The number of nitriles is 2. The Labute approximate surface area is 133 Å². The second-order valence-corrected chi connectivity index (χ2v) is 4.64. The van der Waals surface area contributed by atoms with Crippen LogP contribution in [0, 0.1) is 22.7 Å². The average Bonchev–Trinajstić information content (AvgIpc) is 3.14. The van der Waals surface area contributed by atoms with Crippen LogP contribution in [0.3, 0.4) is 0 Å². The van der Waals surface area contributed by atoms with Crippen LogP contribution in [0.15, 0.2) is 59.2 Å². The summed E-state index contributed by atoms with van der Waals surface area (Å²) in [6.07, 6.45) is 1.54. The third-order valence-electron chi connectivity index (χ3n) is 3.23. The van der Waals surface area contributed by atoms with Crippen molar-refractivity contribution in [2.75, 3.05) is 6.61 Å². The third-order valence-corrected chi connectivity index (χ3v) is 3.23. The summed E-state index contributed by atoms with van der Waals surface area (Å²) in [5.74, 6) is 0.671. The maximum atomic E-state index is 9.46. The number of aromatic nitrogens is 1. The molecule has 0 unspecified atom stereocenters. The van der Waals surface area contributed by atoms with Gasteiger partial charge in [-0.05, 0) is 18.2 Å². The van der Waals surface area contributed by atoms with Crippen LogP contribution < -0.4 is 4.74 Å². The van der Waals surface area contributed by atoms with Gasteiger partial charge in [0.1, 0.15) is 23.5 Å². The molecule has 5 nitrogen and oxygen atoms in total. The lowest BCUT2D eigenvalue weighted by Gasteiger charge is -2.10. The second-order valence-electron chi connectivity index (χ2n) is 4.64. The molecule has 2 heterocycles. The van der Waals surface area contributed by atoms with Crippen LogP contribution in [0.25, 0.3) is 22.6 Å². The smallest absolute Gasteiger partial charge is 0.234 e. The zero-order valence-corrected chi connectivity index (χ0v) is 12.1. The summed E-state index contributed by atoms with van der Waals surface area (Å²) >= 11 is 0. The minimum atomic E-state index is -0.183. The van der Waals surface area contributed by atoms with Crippen LogP contribution in [0.5, 0.6) is 5.88 Å². The maximum Gasteiger partial charge on any atom is 0.234 e. The molecule has 5 heteroatoms. The molecule has 0 aliphatic rings. The quantitative estimate of drug-likeness (QED) is 0.732. The van der Waals surface area contributed by atoms with Gasteiger partial charge >= 0.3 is 0 Å². The van der Waals surface area contributed by atoms with Crippen molar-refractivity contribution in [1.82, 2.24) is 4.98 Å². The van der Waals surface area contributed by atoms with Gasteiger partial charge in [0, 0.05) is 11.1 Å². The number of hydrogen-bond donors (Lipinski definition) is 0. The Kier molecular flexibility index (Phi) is 4.04. The summed E-state index contributed by atoms with van der Waals surface area (Å²) in [4.78, 5) is 4.38. The first-order valence-corrected chi connectivity index (χ1v) is 6.87. The van der Waals surface area contributed by atoms with Gasteiger partial charge in [-0.2, -0.15) is 10.5 Å². The van der Waals surface area contributed by atoms with Gasteiger partial charge in [0.15, 0.2) is 6.61 Å². The van der Waals surface area contributed by atoms with Gasteiger partial charge < -0.3 is 9.15 Å². The van der Waals surface area contributed by atoms with Crippen molar-refractivity contribution in [2.24, 2.45) is 0 Å². The predicted molar refractivity (Wildman–Crippen MR) is 83.2 cm³/mol.